The monoisotopic (exact) mass is 279 g/mol. The van der Waals surface area contributed by atoms with Crippen molar-refractivity contribution in [2.24, 2.45) is 0 Å². The maximum atomic E-state index is 11.9. The summed E-state index contributed by atoms with van der Waals surface area (Å²) in [5.41, 5.74) is 0.799. The van der Waals surface area contributed by atoms with Crippen molar-refractivity contribution in [3.8, 4) is 5.75 Å². The molecule has 0 spiro atoms. The molecule has 1 aliphatic heterocycles. The summed E-state index contributed by atoms with van der Waals surface area (Å²) in [5, 5.41) is 18.8. The highest BCUT2D eigenvalue weighted by molar-refractivity contribution is 5.86. The van der Waals surface area contributed by atoms with Crippen LogP contribution in [-0.4, -0.2) is 52.8 Å². The van der Waals surface area contributed by atoms with E-state index in [4.69, 9.17) is 4.74 Å². The van der Waals surface area contributed by atoms with Crippen molar-refractivity contribution in [1.82, 2.24) is 4.90 Å². The lowest BCUT2D eigenvalue weighted by atomic mass is 10.0. The highest BCUT2D eigenvalue weighted by Gasteiger charge is 2.37. The van der Waals surface area contributed by atoms with E-state index in [2.05, 4.69) is 0 Å². The number of aromatic hydroxyl groups is 1. The topological polar surface area (TPSA) is 87.1 Å². The first-order valence-electron chi connectivity index (χ1n) is 6.34. The van der Waals surface area contributed by atoms with E-state index < -0.39 is 18.1 Å². The summed E-state index contributed by atoms with van der Waals surface area (Å²) in [7, 11) is 1.27. The molecular formula is C14H17NO5. The summed E-state index contributed by atoms with van der Waals surface area (Å²) in [6.45, 7) is 0.136. The minimum absolute atomic E-state index is 0.0308. The van der Waals surface area contributed by atoms with E-state index in [0.29, 0.717) is 0 Å². The summed E-state index contributed by atoms with van der Waals surface area (Å²) in [6.07, 6.45) is -0.427. The minimum Gasteiger partial charge on any atom is -0.508 e. The van der Waals surface area contributed by atoms with Gasteiger partial charge in [0.25, 0.3) is 0 Å². The summed E-state index contributed by atoms with van der Waals surface area (Å²) in [6, 6.07) is 5.65. The maximum Gasteiger partial charge on any atom is 0.328 e. The molecule has 1 fully saturated rings. The first-order chi connectivity index (χ1) is 9.51. The number of hydrogen-bond acceptors (Lipinski definition) is 5. The number of hydrogen-bond donors (Lipinski definition) is 2. The molecule has 0 aliphatic carbocycles. The van der Waals surface area contributed by atoms with E-state index in [9.17, 15) is 19.8 Å². The number of β-amino-alcohol motifs (C(OH)–C–C–N with tert-alkyl or cyclic N) is 1. The third-order valence-electron chi connectivity index (χ3n) is 3.35. The standard InChI is InChI=1S/C14H17NO5/c1-20-14(19)12(15-8-11(17)7-13(15)18)6-9-2-4-10(16)5-3-9/h2-5,11-12,16-17H,6-8H2,1H3/t11?,12-/m0/s1. The number of methoxy groups -OCH3 is 1. The van der Waals surface area contributed by atoms with Crippen LogP contribution >= 0.6 is 0 Å². The second-order valence-corrected chi connectivity index (χ2v) is 4.81. The van der Waals surface area contributed by atoms with Crippen molar-refractivity contribution in [2.75, 3.05) is 13.7 Å². The fourth-order valence-electron chi connectivity index (χ4n) is 2.33. The molecule has 0 radical (unpaired) electrons. The second kappa shape index (κ2) is 5.92. The number of phenols is 1. The van der Waals surface area contributed by atoms with E-state index >= 15 is 0 Å². The van der Waals surface area contributed by atoms with Crippen LogP contribution in [0.2, 0.25) is 0 Å². The molecule has 6 heteroatoms. The number of carbonyl (C=O) groups excluding carboxylic acids is 2. The number of likely N-dealkylation sites (tertiary alicyclic amines) is 1. The Kier molecular flexibility index (Phi) is 4.24. The summed E-state index contributed by atoms with van der Waals surface area (Å²) < 4.78 is 4.74. The van der Waals surface area contributed by atoms with Gasteiger partial charge in [0.1, 0.15) is 11.8 Å². The number of amides is 1. The third-order valence-corrected chi connectivity index (χ3v) is 3.35. The molecule has 1 aromatic carbocycles. The van der Waals surface area contributed by atoms with Crippen LogP contribution in [0.3, 0.4) is 0 Å². The molecule has 1 aromatic rings. The van der Waals surface area contributed by atoms with Crippen LogP contribution in [0.1, 0.15) is 12.0 Å². The Morgan fingerprint density at radius 2 is 2.10 bits per heavy atom. The average Bonchev–Trinajstić information content (AvgIpc) is 2.76. The van der Waals surface area contributed by atoms with Crippen LogP contribution in [0.4, 0.5) is 0 Å². The molecule has 2 N–H and O–H groups in total. The average molecular weight is 279 g/mol. The number of rotatable bonds is 4. The molecule has 6 nitrogen and oxygen atoms in total. The van der Waals surface area contributed by atoms with Gasteiger partial charge in [-0.15, -0.1) is 0 Å². The fraction of sp³-hybridized carbons (Fsp3) is 0.429. The van der Waals surface area contributed by atoms with Crippen molar-refractivity contribution < 1.29 is 24.5 Å². The molecule has 1 heterocycles. The summed E-state index contributed by atoms with van der Waals surface area (Å²) in [4.78, 5) is 25.0. The zero-order valence-electron chi connectivity index (χ0n) is 11.2. The van der Waals surface area contributed by atoms with Crippen LogP contribution < -0.4 is 0 Å². The van der Waals surface area contributed by atoms with Gasteiger partial charge in [-0.2, -0.15) is 0 Å². The van der Waals surface area contributed by atoms with E-state index in [-0.39, 0.29) is 31.0 Å². The van der Waals surface area contributed by atoms with Crippen molar-refractivity contribution >= 4 is 11.9 Å². The van der Waals surface area contributed by atoms with Gasteiger partial charge in [0, 0.05) is 13.0 Å². The molecule has 108 valence electrons. The van der Waals surface area contributed by atoms with Crippen LogP contribution in [0.5, 0.6) is 5.75 Å². The highest BCUT2D eigenvalue weighted by atomic mass is 16.5. The highest BCUT2D eigenvalue weighted by Crippen LogP contribution is 2.20. The lowest BCUT2D eigenvalue weighted by molar-refractivity contribution is -0.151. The van der Waals surface area contributed by atoms with Gasteiger partial charge in [-0.25, -0.2) is 4.79 Å². The van der Waals surface area contributed by atoms with Gasteiger partial charge in [0.05, 0.1) is 19.6 Å². The van der Waals surface area contributed by atoms with Gasteiger partial charge >= 0.3 is 5.97 Å². The third kappa shape index (κ3) is 3.08. The maximum absolute atomic E-state index is 11.9. The van der Waals surface area contributed by atoms with Crippen molar-refractivity contribution in [3.63, 3.8) is 0 Å². The summed E-state index contributed by atoms with van der Waals surface area (Å²) >= 11 is 0. The quantitative estimate of drug-likeness (QED) is 0.762. The predicted octanol–water partition coefficient (Wildman–Crippen LogP) is 0.0695. The molecular weight excluding hydrogens is 262 g/mol. The van der Waals surface area contributed by atoms with Crippen LogP contribution in [0.25, 0.3) is 0 Å². The number of aliphatic hydroxyl groups excluding tert-OH is 1. The van der Waals surface area contributed by atoms with Gasteiger partial charge in [-0.3, -0.25) is 4.79 Å². The number of carbonyl (C=O) groups is 2. The molecule has 20 heavy (non-hydrogen) atoms. The van der Waals surface area contributed by atoms with Crippen LogP contribution in [0.15, 0.2) is 24.3 Å². The van der Waals surface area contributed by atoms with Crippen LogP contribution in [-0.2, 0) is 20.7 Å². The Hall–Kier alpha value is -2.08. The molecule has 1 amide bonds. The van der Waals surface area contributed by atoms with Gasteiger partial charge in [-0.05, 0) is 17.7 Å². The van der Waals surface area contributed by atoms with E-state index in [0.717, 1.165) is 5.56 Å². The number of esters is 1. The summed E-state index contributed by atoms with van der Waals surface area (Å²) in [5.74, 6) is -0.636. The Balaban J connectivity index is 2.18. The smallest absolute Gasteiger partial charge is 0.328 e. The lowest BCUT2D eigenvalue weighted by Crippen LogP contribution is -2.44. The molecule has 0 bridgehead atoms. The van der Waals surface area contributed by atoms with E-state index in [1.165, 1.54) is 24.1 Å². The predicted molar refractivity (Wildman–Crippen MR) is 70.0 cm³/mol. The van der Waals surface area contributed by atoms with E-state index in [1.54, 1.807) is 12.1 Å². The van der Waals surface area contributed by atoms with Gasteiger partial charge in [0.2, 0.25) is 5.91 Å². The Bertz CT molecular complexity index is 499. The molecule has 2 rings (SSSR count). The molecule has 2 atom stereocenters. The van der Waals surface area contributed by atoms with Crippen molar-refractivity contribution in [2.45, 2.75) is 25.0 Å². The number of benzene rings is 1. The van der Waals surface area contributed by atoms with Crippen molar-refractivity contribution in [3.05, 3.63) is 29.8 Å². The fourth-order valence-corrected chi connectivity index (χ4v) is 2.33. The van der Waals surface area contributed by atoms with Gasteiger partial charge in [-0.1, -0.05) is 12.1 Å². The normalized spacial score (nSPS) is 20.0. The second-order valence-electron chi connectivity index (χ2n) is 4.81. The molecule has 1 unspecified atom stereocenters. The number of ether oxygens (including phenoxy) is 1. The number of aliphatic hydroxyl groups is 1. The van der Waals surface area contributed by atoms with Gasteiger partial charge in [0.15, 0.2) is 0 Å². The SMILES string of the molecule is COC(=O)[C@H](Cc1ccc(O)cc1)N1CC(O)CC1=O. The Morgan fingerprint density at radius 1 is 1.45 bits per heavy atom. The minimum atomic E-state index is -0.755. The lowest BCUT2D eigenvalue weighted by Gasteiger charge is -2.25. The Morgan fingerprint density at radius 3 is 2.60 bits per heavy atom. The first kappa shape index (κ1) is 14.3. The van der Waals surface area contributed by atoms with E-state index in [1.807, 2.05) is 0 Å². The zero-order valence-corrected chi connectivity index (χ0v) is 11.2. The molecule has 1 saturated heterocycles. The first-order valence-corrected chi connectivity index (χ1v) is 6.34. The Labute approximate surface area is 116 Å². The molecule has 1 aliphatic rings. The molecule has 0 saturated carbocycles. The molecule has 0 aromatic heterocycles. The van der Waals surface area contributed by atoms with Crippen LogP contribution in [0, 0.1) is 0 Å². The number of phenolic OH excluding ortho intramolecular Hbond substituents is 1. The largest absolute Gasteiger partial charge is 0.508 e. The zero-order chi connectivity index (χ0) is 14.7. The number of nitrogens with zero attached hydrogens (tertiary/aromatic N) is 1. The van der Waals surface area contributed by atoms with Crippen molar-refractivity contribution in [1.29, 1.82) is 0 Å². The van der Waals surface area contributed by atoms with Gasteiger partial charge < -0.3 is 19.8 Å².